The quantitative estimate of drug-likeness (QED) is 0.148. The minimum Gasteiger partial charge on any atom is -0.201 e. The van der Waals surface area contributed by atoms with Gasteiger partial charge in [0.2, 0.25) is 34.2 Å². The van der Waals surface area contributed by atoms with Crippen LogP contribution in [0, 0.1) is 124 Å². The summed E-state index contributed by atoms with van der Waals surface area (Å²) in [6.45, 7) is 16.4. The zero-order valence-corrected chi connectivity index (χ0v) is 60.0. The molecule has 6 aromatic heterocycles. The minimum absolute atomic E-state index is 0.235. The molecule has 6 heteroatoms. The van der Waals surface area contributed by atoms with Crippen molar-refractivity contribution >= 4 is 0 Å². The molecule has 0 spiro atoms. The third-order valence-electron chi connectivity index (χ3n) is 17.3. The van der Waals surface area contributed by atoms with Crippen molar-refractivity contribution in [1.29, 1.82) is 0 Å². The second-order valence-corrected chi connectivity index (χ2v) is 25.5. The Morgan fingerprint density at radius 1 is 0.208 bits per heavy atom. The molecule has 0 bridgehead atoms. The Bertz CT molecular complexity index is 5170. The van der Waals surface area contributed by atoms with Crippen LogP contribution in [0.4, 0.5) is 0 Å². The second-order valence-electron chi connectivity index (χ2n) is 25.5. The van der Waals surface area contributed by atoms with Crippen LogP contribution in [0.2, 0.25) is 0 Å². The molecule has 0 radical (unpaired) electrons. The molecule has 0 saturated heterocycles. The monoisotopic (exact) mass is 1290 g/mol. The van der Waals surface area contributed by atoms with Crippen LogP contribution in [0.25, 0.3) is 67.5 Å². The first-order chi connectivity index (χ1) is 51.5. The maximum atomic E-state index is 7.53. The summed E-state index contributed by atoms with van der Waals surface area (Å²) < 4.78 is 125. The fourth-order valence-corrected chi connectivity index (χ4v) is 11.5. The Labute approximate surface area is 598 Å². The lowest BCUT2D eigenvalue weighted by Gasteiger charge is -2.08. The first kappa shape index (κ1) is 54.5. The van der Waals surface area contributed by atoms with E-state index in [4.69, 9.17) is 20.6 Å². The van der Waals surface area contributed by atoms with Gasteiger partial charge in [-0.3, -0.25) is 0 Å². The third-order valence-corrected chi connectivity index (χ3v) is 17.3. The van der Waals surface area contributed by atoms with Gasteiger partial charge in [-0.1, -0.05) is 101 Å². The average Bonchev–Trinajstić information content (AvgIpc) is 0.795. The van der Waals surface area contributed by atoms with E-state index in [2.05, 4.69) is 227 Å². The SMILES string of the molecule is Cc1cc[n+](C)c(-c2c(C)cccc2C)c1.Cc1ccc(-c2cc(C)cc[n+]2C)c(C)c1.Cc1ccc(C)c(-c2cc(C)cc[n+]2C)c1.[2H]C([2H])([2H])c1cc[n+](C)c(-c2cccc(C)c2C)c1.[2H]C([2H])([2H])c1ccc(-c2cc(C([2H])([2H])[2H])cc[n+]2C)c(C)c1.[2H]C([2H])([2H])c1ccc(C)c(-c2cc(C([2H])([2H])[2H])cc[n+]2C)c1. The molecule has 0 aliphatic heterocycles. The molecule has 0 aliphatic carbocycles. The predicted molar refractivity (Wildman–Crippen MR) is 404 cm³/mol. The topological polar surface area (TPSA) is 23.3 Å². The smallest absolute Gasteiger partial charge is 0.201 e. The zero-order valence-electron chi connectivity index (χ0n) is 75.0. The van der Waals surface area contributed by atoms with E-state index in [0.29, 0.717) is 11.3 Å². The normalized spacial score (nSPS) is 13.5. The summed E-state index contributed by atoms with van der Waals surface area (Å²) in [5.74, 6) is 0. The number of hydrogen-bond acceptors (Lipinski definition) is 0. The minimum atomic E-state index is -2.20. The van der Waals surface area contributed by atoms with Crippen molar-refractivity contribution in [2.24, 2.45) is 42.3 Å². The van der Waals surface area contributed by atoms with Gasteiger partial charge in [-0.25, -0.2) is 27.4 Å². The van der Waals surface area contributed by atoms with Gasteiger partial charge >= 0.3 is 0 Å². The van der Waals surface area contributed by atoms with Crippen LogP contribution in [-0.4, -0.2) is 0 Å². The first-order valence-electron chi connectivity index (χ1n) is 40.0. The Morgan fingerprint density at radius 2 is 0.479 bits per heavy atom. The molecule has 0 atom stereocenters. The fourth-order valence-electron chi connectivity index (χ4n) is 11.5. The summed E-state index contributed by atoms with van der Waals surface area (Å²) in [6.07, 6.45) is 11.5. The number of pyridine rings is 6. The van der Waals surface area contributed by atoms with Crippen LogP contribution >= 0.6 is 0 Å². The average molecular weight is 1290 g/mol. The van der Waals surface area contributed by atoms with Crippen molar-refractivity contribution in [2.45, 2.75) is 124 Å². The highest BCUT2D eigenvalue weighted by Gasteiger charge is 2.19. The summed E-state index contributed by atoms with van der Waals surface area (Å²) in [5, 5.41) is 0. The highest BCUT2D eigenvalue weighted by molar-refractivity contribution is 5.68. The maximum absolute atomic E-state index is 7.53. The van der Waals surface area contributed by atoms with E-state index in [1.165, 1.54) is 95.0 Å². The van der Waals surface area contributed by atoms with Crippen LogP contribution in [0.15, 0.2) is 219 Å². The summed E-state index contributed by atoms with van der Waals surface area (Å²) in [4.78, 5) is 0. The van der Waals surface area contributed by atoms with Gasteiger partial charge in [0.1, 0.15) is 42.3 Å². The van der Waals surface area contributed by atoms with Crippen molar-refractivity contribution in [1.82, 2.24) is 0 Å². The van der Waals surface area contributed by atoms with Crippen LogP contribution in [0.1, 0.15) is 121 Å². The number of hydrogen-bond donors (Lipinski definition) is 0. The molecule has 96 heavy (non-hydrogen) atoms. The van der Waals surface area contributed by atoms with E-state index in [1.807, 2.05) is 49.2 Å². The van der Waals surface area contributed by atoms with Crippen molar-refractivity contribution in [3.63, 3.8) is 0 Å². The van der Waals surface area contributed by atoms with Crippen molar-refractivity contribution in [3.8, 4) is 67.5 Å². The van der Waals surface area contributed by atoms with E-state index in [9.17, 15) is 0 Å². The molecule has 6 nitrogen and oxygen atoms in total. The molecule has 0 amide bonds. The lowest BCUT2D eigenvalue weighted by Crippen LogP contribution is -2.30. The highest BCUT2D eigenvalue weighted by atomic mass is 14.9. The van der Waals surface area contributed by atoms with E-state index >= 15 is 0 Å². The highest BCUT2D eigenvalue weighted by Crippen LogP contribution is 2.28. The van der Waals surface area contributed by atoms with Crippen molar-refractivity contribution in [2.75, 3.05) is 0 Å². The summed E-state index contributed by atoms with van der Waals surface area (Å²) in [5.41, 5.74) is 30.1. The van der Waals surface area contributed by atoms with E-state index in [-0.39, 0.29) is 22.3 Å². The molecule has 6 heterocycles. The molecule has 6 aromatic carbocycles. The van der Waals surface area contributed by atoms with E-state index in [0.717, 1.165) is 39.2 Å². The summed E-state index contributed by atoms with van der Waals surface area (Å²) >= 11 is 0. The molecular formula is C90H108N6+6. The molecule has 0 N–H and O–H groups in total. The van der Waals surface area contributed by atoms with E-state index < -0.39 is 34.3 Å². The van der Waals surface area contributed by atoms with Gasteiger partial charge in [0, 0.05) is 121 Å². The predicted octanol–water partition coefficient (Wildman–Crippen LogP) is 18.6. The van der Waals surface area contributed by atoms with Gasteiger partial charge in [0.25, 0.3) is 0 Å². The van der Waals surface area contributed by atoms with Crippen molar-refractivity contribution < 1.29 is 48.0 Å². The largest absolute Gasteiger partial charge is 0.213 e. The number of aryl methyl sites for hydroxylation is 23. The van der Waals surface area contributed by atoms with Gasteiger partial charge < -0.3 is 0 Å². The number of nitrogens with zero attached hydrogens (tertiary/aromatic N) is 6. The molecule has 0 fully saturated rings. The third kappa shape index (κ3) is 19.7. The van der Waals surface area contributed by atoms with Crippen LogP contribution in [0.3, 0.4) is 0 Å². The van der Waals surface area contributed by atoms with Gasteiger partial charge in [0.05, 0.1) is 5.56 Å². The van der Waals surface area contributed by atoms with Gasteiger partial charge in [-0.2, -0.15) is 0 Å². The Morgan fingerprint density at radius 3 is 0.906 bits per heavy atom. The zero-order chi connectivity index (χ0) is 82.7. The second kappa shape index (κ2) is 33.6. The molecule has 12 aromatic rings. The fraction of sp³-hybridized carbons (Fsp3) is 0.267. The summed E-state index contributed by atoms with van der Waals surface area (Å²) in [7, 11) is 11.8. The standard InChI is InChI=1S/6C15H18N/c2*1-11-5-6-14(13(3)9-11)15-10-12(2)7-8-16(15)4;2*1-11-5-6-13(3)14(9-11)15-10-12(2)7-8-16(15)4;1-11-8-9-16(4)15(10-11)14-7-5-6-12(2)13(14)3;1-11-8-9-16(4)14(10-11)15-12(2)6-5-7-13(15)3/h6*5-10H,1-4H3/q6*+1/i1D3,2D3;;1D3,2D3;;1D3;. The molecule has 492 valence electrons. The lowest BCUT2D eigenvalue weighted by atomic mass is 9.98. The molecular weight excluding hydrogens is 1170 g/mol. The number of rotatable bonds is 6. The molecule has 0 unspecified atom stereocenters. The maximum Gasteiger partial charge on any atom is 0.213 e. The first-order valence-corrected chi connectivity index (χ1v) is 32.5. The van der Waals surface area contributed by atoms with E-state index in [1.54, 1.807) is 103 Å². The number of aromatic nitrogens is 6. The molecule has 0 aliphatic rings. The van der Waals surface area contributed by atoms with Crippen LogP contribution in [-0.2, 0) is 42.3 Å². The van der Waals surface area contributed by atoms with Crippen molar-refractivity contribution in [3.05, 3.63) is 319 Å². The molecule has 12 rings (SSSR count). The Balaban J connectivity index is 0.000000186. The Hall–Kier alpha value is -9.78. The van der Waals surface area contributed by atoms with Gasteiger partial charge in [-0.05, 0) is 232 Å². The lowest BCUT2D eigenvalue weighted by molar-refractivity contribution is -0.660. The summed E-state index contributed by atoms with van der Waals surface area (Å²) in [6, 6.07) is 58.5. The van der Waals surface area contributed by atoms with Crippen LogP contribution in [0.5, 0.6) is 0 Å². The van der Waals surface area contributed by atoms with Gasteiger partial charge in [-0.15, -0.1) is 0 Å². The Kier molecular flexibility index (Phi) is 19.0. The molecule has 0 saturated carbocycles. The number of benzene rings is 6. The van der Waals surface area contributed by atoms with Gasteiger partial charge in [0.15, 0.2) is 37.2 Å². The van der Waals surface area contributed by atoms with Crippen LogP contribution < -0.4 is 27.4 Å².